The number of aromatic nitrogens is 4. The second-order valence-electron chi connectivity index (χ2n) is 5.18. The highest BCUT2D eigenvalue weighted by atomic mass is 16.5. The highest BCUT2D eigenvalue weighted by Crippen LogP contribution is 2.31. The maximum Gasteiger partial charge on any atom is 0.226 e. The monoisotopic (exact) mass is 273 g/mol. The fourth-order valence-corrected chi connectivity index (χ4v) is 2.56. The molecule has 1 aliphatic heterocycles. The van der Waals surface area contributed by atoms with Crippen LogP contribution in [0, 0.1) is 6.92 Å². The molecular weight excluding hydrogens is 254 g/mol. The Labute approximate surface area is 118 Å². The van der Waals surface area contributed by atoms with Gasteiger partial charge in [-0.2, -0.15) is 4.98 Å². The van der Waals surface area contributed by atoms with E-state index in [2.05, 4.69) is 25.0 Å². The maximum atomic E-state index is 5.22. The zero-order valence-corrected chi connectivity index (χ0v) is 11.9. The van der Waals surface area contributed by atoms with Crippen LogP contribution in [0.1, 0.15) is 48.9 Å². The first-order chi connectivity index (χ1) is 9.76. The van der Waals surface area contributed by atoms with Crippen LogP contribution in [-0.4, -0.2) is 31.6 Å². The molecule has 2 aromatic rings. The summed E-state index contributed by atoms with van der Waals surface area (Å²) in [5.74, 6) is 1.52. The Kier molecular flexibility index (Phi) is 3.73. The molecule has 0 saturated carbocycles. The van der Waals surface area contributed by atoms with Gasteiger partial charge in [-0.15, -0.1) is 0 Å². The SMILES string of the molecule is CCc1nc([C@H]2CCCN2Cc2cnc(C)cn2)no1. The summed E-state index contributed by atoms with van der Waals surface area (Å²) in [5.41, 5.74) is 1.93. The molecule has 0 unspecified atom stereocenters. The lowest BCUT2D eigenvalue weighted by Crippen LogP contribution is -2.24. The Bertz CT molecular complexity index is 565. The van der Waals surface area contributed by atoms with Crippen molar-refractivity contribution in [2.75, 3.05) is 6.54 Å². The van der Waals surface area contributed by atoms with Crippen molar-refractivity contribution in [1.29, 1.82) is 0 Å². The Hall–Kier alpha value is -1.82. The largest absolute Gasteiger partial charge is 0.339 e. The summed E-state index contributed by atoms with van der Waals surface area (Å²) < 4.78 is 5.22. The van der Waals surface area contributed by atoms with Gasteiger partial charge in [0.1, 0.15) is 0 Å². The number of aryl methyl sites for hydroxylation is 2. The number of nitrogens with zero attached hydrogens (tertiary/aromatic N) is 5. The molecule has 6 heteroatoms. The van der Waals surface area contributed by atoms with Gasteiger partial charge >= 0.3 is 0 Å². The minimum Gasteiger partial charge on any atom is -0.339 e. The molecule has 0 amide bonds. The number of hydrogen-bond acceptors (Lipinski definition) is 6. The number of hydrogen-bond donors (Lipinski definition) is 0. The molecule has 0 spiro atoms. The molecule has 1 aliphatic rings. The van der Waals surface area contributed by atoms with Crippen LogP contribution in [0.2, 0.25) is 0 Å². The molecular formula is C14H19N5O. The van der Waals surface area contributed by atoms with Gasteiger partial charge in [-0.3, -0.25) is 14.9 Å². The van der Waals surface area contributed by atoms with Crippen molar-refractivity contribution >= 4 is 0 Å². The summed E-state index contributed by atoms with van der Waals surface area (Å²) in [7, 11) is 0. The normalized spacial score (nSPS) is 19.6. The van der Waals surface area contributed by atoms with Crippen molar-refractivity contribution in [2.45, 2.75) is 45.7 Å². The summed E-state index contributed by atoms with van der Waals surface area (Å²) >= 11 is 0. The molecule has 0 aliphatic carbocycles. The molecule has 106 valence electrons. The van der Waals surface area contributed by atoms with Crippen molar-refractivity contribution in [3.05, 3.63) is 35.5 Å². The molecule has 1 saturated heterocycles. The lowest BCUT2D eigenvalue weighted by atomic mass is 10.2. The predicted octanol–water partition coefficient (Wildman–Crippen LogP) is 2.07. The minimum absolute atomic E-state index is 0.238. The second kappa shape index (κ2) is 5.66. The summed E-state index contributed by atoms with van der Waals surface area (Å²) in [4.78, 5) is 15.5. The van der Waals surface area contributed by atoms with E-state index in [1.165, 1.54) is 0 Å². The van der Waals surface area contributed by atoms with Gasteiger partial charge in [0.05, 0.1) is 17.4 Å². The van der Waals surface area contributed by atoms with E-state index in [1.807, 2.05) is 26.2 Å². The van der Waals surface area contributed by atoms with Crippen LogP contribution in [-0.2, 0) is 13.0 Å². The number of likely N-dealkylation sites (tertiary alicyclic amines) is 1. The van der Waals surface area contributed by atoms with Crippen LogP contribution in [0.5, 0.6) is 0 Å². The Balaban J connectivity index is 1.73. The van der Waals surface area contributed by atoms with E-state index in [0.29, 0.717) is 5.89 Å². The van der Waals surface area contributed by atoms with E-state index in [4.69, 9.17) is 4.52 Å². The van der Waals surface area contributed by atoms with Gasteiger partial charge in [-0.05, 0) is 26.3 Å². The standard InChI is InChI=1S/C14H19N5O/c1-3-13-17-14(18-20-13)12-5-4-6-19(12)9-11-8-15-10(2)7-16-11/h7-8,12H,3-6,9H2,1-2H3/t12-/m1/s1. The lowest BCUT2D eigenvalue weighted by Gasteiger charge is -2.21. The lowest BCUT2D eigenvalue weighted by molar-refractivity contribution is 0.231. The van der Waals surface area contributed by atoms with E-state index in [9.17, 15) is 0 Å². The first-order valence-corrected chi connectivity index (χ1v) is 7.10. The molecule has 1 fully saturated rings. The van der Waals surface area contributed by atoms with Crippen molar-refractivity contribution in [1.82, 2.24) is 25.0 Å². The highest BCUT2D eigenvalue weighted by molar-refractivity contribution is 5.04. The maximum absolute atomic E-state index is 5.22. The molecule has 0 bridgehead atoms. The first kappa shape index (κ1) is 13.2. The molecule has 0 N–H and O–H groups in total. The smallest absolute Gasteiger partial charge is 0.226 e. The van der Waals surface area contributed by atoms with Gasteiger partial charge in [-0.25, -0.2) is 0 Å². The van der Waals surface area contributed by atoms with Crippen LogP contribution in [0.3, 0.4) is 0 Å². The zero-order valence-electron chi connectivity index (χ0n) is 11.9. The summed E-state index contributed by atoms with van der Waals surface area (Å²) in [6.45, 7) is 5.79. The predicted molar refractivity (Wildman–Crippen MR) is 72.8 cm³/mol. The summed E-state index contributed by atoms with van der Waals surface area (Å²) in [6.07, 6.45) is 6.66. The molecule has 3 heterocycles. The van der Waals surface area contributed by atoms with Gasteiger partial charge in [0, 0.05) is 25.4 Å². The van der Waals surface area contributed by atoms with Crippen molar-refractivity contribution in [3.63, 3.8) is 0 Å². The molecule has 1 atom stereocenters. The van der Waals surface area contributed by atoms with Crippen molar-refractivity contribution in [2.24, 2.45) is 0 Å². The van der Waals surface area contributed by atoms with Gasteiger partial charge in [0.25, 0.3) is 0 Å². The second-order valence-corrected chi connectivity index (χ2v) is 5.18. The van der Waals surface area contributed by atoms with Crippen molar-refractivity contribution in [3.8, 4) is 0 Å². The first-order valence-electron chi connectivity index (χ1n) is 7.10. The van der Waals surface area contributed by atoms with E-state index in [0.717, 1.165) is 49.6 Å². The summed E-state index contributed by atoms with van der Waals surface area (Å²) in [5, 5.41) is 4.11. The third-order valence-electron chi connectivity index (χ3n) is 3.65. The topological polar surface area (TPSA) is 67.9 Å². The fraction of sp³-hybridized carbons (Fsp3) is 0.571. The molecule has 0 radical (unpaired) electrons. The third-order valence-corrected chi connectivity index (χ3v) is 3.65. The molecule has 20 heavy (non-hydrogen) atoms. The van der Waals surface area contributed by atoms with Crippen LogP contribution in [0.25, 0.3) is 0 Å². The Morgan fingerprint density at radius 1 is 1.35 bits per heavy atom. The average molecular weight is 273 g/mol. The van der Waals surface area contributed by atoms with Crippen molar-refractivity contribution < 1.29 is 4.52 Å². The van der Waals surface area contributed by atoms with E-state index in [-0.39, 0.29) is 6.04 Å². The third kappa shape index (κ3) is 2.70. The minimum atomic E-state index is 0.238. The zero-order chi connectivity index (χ0) is 13.9. The van der Waals surface area contributed by atoms with E-state index >= 15 is 0 Å². The van der Waals surface area contributed by atoms with E-state index in [1.54, 1.807) is 0 Å². The Morgan fingerprint density at radius 3 is 2.95 bits per heavy atom. The van der Waals surface area contributed by atoms with Gasteiger partial charge < -0.3 is 4.52 Å². The molecule has 0 aromatic carbocycles. The van der Waals surface area contributed by atoms with Crippen LogP contribution in [0.15, 0.2) is 16.9 Å². The van der Waals surface area contributed by atoms with Crippen LogP contribution < -0.4 is 0 Å². The number of rotatable bonds is 4. The average Bonchev–Trinajstić information content (AvgIpc) is 3.09. The van der Waals surface area contributed by atoms with Crippen LogP contribution in [0.4, 0.5) is 0 Å². The summed E-state index contributed by atoms with van der Waals surface area (Å²) in [6, 6.07) is 0.238. The van der Waals surface area contributed by atoms with Gasteiger partial charge in [0.15, 0.2) is 5.82 Å². The van der Waals surface area contributed by atoms with Crippen LogP contribution >= 0.6 is 0 Å². The molecule has 2 aromatic heterocycles. The molecule has 3 rings (SSSR count). The fourth-order valence-electron chi connectivity index (χ4n) is 2.56. The van der Waals surface area contributed by atoms with Gasteiger partial charge in [0.2, 0.25) is 5.89 Å². The quantitative estimate of drug-likeness (QED) is 0.849. The van der Waals surface area contributed by atoms with E-state index < -0.39 is 0 Å². The Morgan fingerprint density at radius 2 is 2.25 bits per heavy atom. The highest BCUT2D eigenvalue weighted by Gasteiger charge is 2.30. The molecule has 6 nitrogen and oxygen atoms in total. The van der Waals surface area contributed by atoms with Gasteiger partial charge in [-0.1, -0.05) is 12.1 Å².